The quantitative estimate of drug-likeness (QED) is 0.697. The number of hydrogen-bond acceptors (Lipinski definition) is 5. The molecule has 2 amide bonds. The summed E-state index contributed by atoms with van der Waals surface area (Å²) in [6.07, 6.45) is 0. The molecule has 1 aliphatic rings. The lowest BCUT2D eigenvalue weighted by Gasteiger charge is -2.29. The molecule has 2 heterocycles. The van der Waals surface area contributed by atoms with Crippen LogP contribution in [0.4, 0.5) is 11.4 Å². The van der Waals surface area contributed by atoms with E-state index in [9.17, 15) is 9.59 Å². The van der Waals surface area contributed by atoms with E-state index in [0.717, 1.165) is 16.8 Å². The van der Waals surface area contributed by atoms with Crippen LogP contribution in [-0.4, -0.2) is 29.9 Å². The summed E-state index contributed by atoms with van der Waals surface area (Å²) >= 11 is 7.60. The molecule has 0 fully saturated rings. The number of halogens is 1. The second-order valence-electron chi connectivity index (χ2n) is 6.34. The zero-order valence-electron chi connectivity index (χ0n) is 14.9. The summed E-state index contributed by atoms with van der Waals surface area (Å²) in [5.41, 5.74) is 5.47. The number of anilines is 2. The van der Waals surface area contributed by atoms with Crippen LogP contribution >= 0.6 is 22.9 Å². The molecule has 0 atom stereocenters. The molecule has 8 heteroatoms. The largest absolute Gasteiger partial charge is 0.482 e. The number of carbonyl (C=O) groups excluding carboxylic acids is 2. The Labute approximate surface area is 170 Å². The van der Waals surface area contributed by atoms with E-state index in [1.54, 1.807) is 23.7 Å². The highest BCUT2D eigenvalue weighted by Gasteiger charge is 2.28. The van der Waals surface area contributed by atoms with E-state index >= 15 is 0 Å². The summed E-state index contributed by atoms with van der Waals surface area (Å²) < 4.78 is 5.51. The predicted molar refractivity (Wildman–Crippen MR) is 110 cm³/mol. The first-order valence-corrected chi connectivity index (χ1v) is 9.85. The number of aryl methyl sites for hydroxylation is 1. The van der Waals surface area contributed by atoms with Gasteiger partial charge in [-0.05, 0) is 42.8 Å². The maximum Gasteiger partial charge on any atom is 0.265 e. The number of ether oxygens (including phenoxy) is 1. The van der Waals surface area contributed by atoms with Crippen molar-refractivity contribution in [1.82, 2.24) is 4.98 Å². The Hall–Kier alpha value is -2.90. The van der Waals surface area contributed by atoms with Crippen LogP contribution < -0.4 is 15.0 Å². The first-order chi connectivity index (χ1) is 13.5. The Kier molecular flexibility index (Phi) is 5.02. The average Bonchev–Trinajstić information content (AvgIpc) is 3.21. The standard InChI is InChI=1S/C20H16ClN3O3S/c1-12-2-4-14(7-15(12)21)23-19(25)8-24-17-6-13(16-10-28-11-22-16)3-5-18(17)27-9-20(24)26/h2-7,10-11H,8-9H2,1H3,(H,23,25). The molecule has 2 aromatic carbocycles. The van der Waals surface area contributed by atoms with Gasteiger partial charge >= 0.3 is 0 Å². The fourth-order valence-corrected chi connectivity index (χ4v) is 3.65. The number of thiazole rings is 1. The van der Waals surface area contributed by atoms with Gasteiger partial charge in [-0.25, -0.2) is 4.98 Å². The molecule has 0 bridgehead atoms. The third-order valence-corrected chi connectivity index (χ3v) is 5.38. The maximum atomic E-state index is 12.5. The van der Waals surface area contributed by atoms with E-state index in [1.807, 2.05) is 30.5 Å². The Morgan fingerprint density at radius 1 is 1.32 bits per heavy atom. The van der Waals surface area contributed by atoms with Gasteiger partial charge < -0.3 is 10.1 Å². The molecule has 0 radical (unpaired) electrons. The molecular weight excluding hydrogens is 398 g/mol. The highest BCUT2D eigenvalue weighted by Crippen LogP contribution is 2.36. The van der Waals surface area contributed by atoms with Crippen LogP contribution in [0.3, 0.4) is 0 Å². The second-order valence-corrected chi connectivity index (χ2v) is 7.46. The summed E-state index contributed by atoms with van der Waals surface area (Å²) in [6.45, 7) is 1.66. The van der Waals surface area contributed by atoms with E-state index in [0.29, 0.717) is 22.1 Å². The number of carbonyl (C=O) groups is 2. The number of amides is 2. The van der Waals surface area contributed by atoms with Gasteiger partial charge in [0.2, 0.25) is 5.91 Å². The van der Waals surface area contributed by atoms with E-state index in [2.05, 4.69) is 10.3 Å². The van der Waals surface area contributed by atoms with Crippen molar-refractivity contribution in [3.05, 3.63) is 57.9 Å². The van der Waals surface area contributed by atoms with E-state index in [4.69, 9.17) is 16.3 Å². The lowest BCUT2D eigenvalue weighted by molar-refractivity contribution is -0.123. The van der Waals surface area contributed by atoms with Gasteiger partial charge in [-0.2, -0.15) is 0 Å². The van der Waals surface area contributed by atoms with Crippen LogP contribution in [0.1, 0.15) is 5.56 Å². The van der Waals surface area contributed by atoms with Gasteiger partial charge in [-0.15, -0.1) is 11.3 Å². The van der Waals surface area contributed by atoms with Crippen molar-refractivity contribution in [3.8, 4) is 17.0 Å². The van der Waals surface area contributed by atoms with Crippen molar-refractivity contribution >= 4 is 46.1 Å². The minimum atomic E-state index is -0.319. The molecule has 4 rings (SSSR count). The number of hydrogen-bond donors (Lipinski definition) is 1. The van der Waals surface area contributed by atoms with Crippen molar-refractivity contribution in [2.24, 2.45) is 0 Å². The molecule has 142 valence electrons. The molecule has 0 spiro atoms. The van der Waals surface area contributed by atoms with Crippen LogP contribution in [0.15, 0.2) is 47.3 Å². The number of fused-ring (bicyclic) bond motifs is 1. The Balaban J connectivity index is 1.57. The summed E-state index contributed by atoms with van der Waals surface area (Å²) in [4.78, 5) is 30.7. The van der Waals surface area contributed by atoms with Gasteiger partial charge in [0, 0.05) is 21.7 Å². The van der Waals surface area contributed by atoms with Gasteiger partial charge in [0.1, 0.15) is 12.3 Å². The molecule has 0 aliphatic carbocycles. The van der Waals surface area contributed by atoms with Crippen molar-refractivity contribution < 1.29 is 14.3 Å². The Morgan fingerprint density at radius 2 is 2.18 bits per heavy atom. The molecule has 3 aromatic rings. The van der Waals surface area contributed by atoms with Gasteiger partial charge in [-0.1, -0.05) is 17.7 Å². The van der Waals surface area contributed by atoms with Crippen molar-refractivity contribution in [2.45, 2.75) is 6.92 Å². The molecule has 6 nitrogen and oxygen atoms in total. The van der Waals surface area contributed by atoms with Crippen LogP contribution in [0.5, 0.6) is 5.75 Å². The van der Waals surface area contributed by atoms with Crippen LogP contribution in [0.2, 0.25) is 5.02 Å². The fraction of sp³-hybridized carbons (Fsp3) is 0.150. The Morgan fingerprint density at radius 3 is 2.93 bits per heavy atom. The zero-order chi connectivity index (χ0) is 19.7. The topological polar surface area (TPSA) is 71.5 Å². The molecule has 28 heavy (non-hydrogen) atoms. The minimum absolute atomic E-state index is 0.104. The second kappa shape index (κ2) is 7.61. The van der Waals surface area contributed by atoms with Crippen molar-refractivity contribution in [3.63, 3.8) is 0 Å². The molecule has 0 saturated heterocycles. The minimum Gasteiger partial charge on any atom is -0.482 e. The molecule has 1 aliphatic heterocycles. The van der Waals surface area contributed by atoms with Crippen molar-refractivity contribution in [1.29, 1.82) is 0 Å². The lowest BCUT2D eigenvalue weighted by atomic mass is 10.1. The summed E-state index contributed by atoms with van der Waals surface area (Å²) in [7, 11) is 0. The van der Waals surface area contributed by atoms with Gasteiger partial charge in [0.15, 0.2) is 6.61 Å². The first kappa shape index (κ1) is 18.5. The smallest absolute Gasteiger partial charge is 0.265 e. The van der Waals surface area contributed by atoms with Crippen LogP contribution in [0.25, 0.3) is 11.3 Å². The number of nitrogens with zero attached hydrogens (tertiary/aromatic N) is 2. The number of benzene rings is 2. The summed E-state index contributed by atoms with van der Waals surface area (Å²) in [6, 6.07) is 10.8. The van der Waals surface area contributed by atoms with Crippen LogP contribution in [-0.2, 0) is 9.59 Å². The fourth-order valence-electron chi connectivity index (χ4n) is 2.90. The number of aromatic nitrogens is 1. The zero-order valence-corrected chi connectivity index (χ0v) is 16.5. The summed E-state index contributed by atoms with van der Waals surface area (Å²) in [5, 5.41) is 5.27. The SMILES string of the molecule is Cc1ccc(NC(=O)CN2C(=O)COc3ccc(-c4cscn4)cc32)cc1Cl. The van der Waals surface area contributed by atoms with E-state index in [1.165, 1.54) is 16.2 Å². The highest BCUT2D eigenvalue weighted by molar-refractivity contribution is 7.07. The molecule has 1 N–H and O–H groups in total. The van der Waals surface area contributed by atoms with Crippen LogP contribution in [0, 0.1) is 6.92 Å². The molecule has 0 unspecified atom stereocenters. The van der Waals surface area contributed by atoms with E-state index in [-0.39, 0.29) is 25.0 Å². The Bertz CT molecular complexity index is 1050. The highest BCUT2D eigenvalue weighted by atomic mass is 35.5. The molecular formula is C20H16ClN3O3S. The van der Waals surface area contributed by atoms with Crippen molar-refractivity contribution in [2.75, 3.05) is 23.4 Å². The maximum absolute atomic E-state index is 12.5. The number of nitrogens with one attached hydrogen (secondary N) is 1. The normalized spacial score (nSPS) is 13.1. The molecule has 0 saturated carbocycles. The van der Waals surface area contributed by atoms with Gasteiger partial charge in [-0.3, -0.25) is 14.5 Å². The first-order valence-electron chi connectivity index (χ1n) is 8.53. The van der Waals surface area contributed by atoms with Gasteiger partial charge in [0.25, 0.3) is 5.91 Å². The summed E-state index contributed by atoms with van der Waals surface area (Å²) in [5.74, 6) is -0.0371. The van der Waals surface area contributed by atoms with Gasteiger partial charge in [0.05, 0.1) is 16.9 Å². The molecule has 1 aromatic heterocycles. The number of rotatable bonds is 4. The average molecular weight is 414 g/mol. The predicted octanol–water partition coefficient (Wildman–Crippen LogP) is 4.14. The lowest BCUT2D eigenvalue weighted by Crippen LogP contribution is -2.43. The monoisotopic (exact) mass is 413 g/mol. The third-order valence-electron chi connectivity index (χ3n) is 4.39. The third kappa shape index (κ3) is 3.72. The van der Waals surface area contributed by atoms with E-state index < -0.39 is 0 Å².